The number of aryl methyl sites for hydroxylation is 1. The molecule has 4 nitrogen and oxygen atoms in total. The SMILES string of the molecule is CC(=O)c1c(C)nc2c3cccc(O)c3ccn12. The summed E-state index contributed by atoms with van der Waals surface area (Å²) in [6.07, 6.45) is 1.77. The van der Waals surface area contributed by atoms with Gasteiger partial charge in [0.25, 0.3) is 0 Å². The van der Waals surface area contributed by atoms with Gasteiger partial charge in [-0.05, 0) is 19.1 Å². The first-order chi connectivity index (χ1) is 8.59. The van der Waals surface area contributed by atoms with Crippen LogP contribution in [0, 0.1) is 6.92 Å². The number of ketones is 1. The molecule has 2 heterocycles. The Kier molecular flexibility index (Phi) is 2.13. The van der Waals surface area contributed by atoms with E-state index in [2.05, 4.69) is 4.98 Å². The summed E-state index contributed by atoms with van der Waals surface area (Å²) in [4.78, 5) is 16.1. The molecule has 0 aliphatic rings. The molecular weight excluding hydrogens is 228 g/mol. The third-order valence-electron chi connectivity index (χ3n) is 3.13. The Bertz CT molecular complexity index is 787. The Hall–Kier alpha value is -2.36. The molecule has 0 amide bonds. The third-order valence-corrected chi connectivity index (χ3v) is 3.13. The van der Waals surface area contributed by atoms with Gasteiger partial charge in [0, 0.05) is 23.9 Å². The summed E-state index contributed by atoms with van der Waals surface area (Å²) >= 11 is 0. The molecular formula is C14H12N2O2. The fourth-order valence-corrected chi connectivity index (χ4v) is 2.38. The monoisotopic (exact) mass is 240 g/mol. The van der Waals surface area contributed by atoms with E-state index in [1.807, 2.05) is 13.0 Å². The molecule has 0 spiro atoms. The zero-order valence-corrected chi connectivity index (χ0v) is 10.1. The highest BCUT2D eigenvalue weighted by Gasteiger charge is 2.15. The van der Waals surface area contributed by atoms with Crippen LogP contribution in [-0.2, 0) is 0 Å². The maximum atomic E-state index is 11.6. The summed E-state index contributed by atoms with van der Waals surface area (Å²) in [6, 6.07) is 7.10. The summed E-state index contributed by atoms with van der Waals surface area (Å²) < 4.78 is 1.78. The van der Waals surface area contributed by atoms with E-state index >= 15 is 0 Å². The second-order valence-electron chi connectivity index (χ2n) is 4.35. The number of pyridine rings is 1. The first kappa shape index (κ1) is 10.8. The molecule has 4 heteroatoms. The number of rotatable bonds is 1. The summed E-state index contributed by atoms with van der Waals surface area (Å²) in [5, 5.41) is 11.4. The van der Waals surface area contributed by atoms with E-state index in [1.54, 1.807) is 28.8 Å². The zero-order valence-electron chi connectivity index (χ0n) is 10.1. The molecule has 0 aliphatic heterocycles. The summed E-state index contributed by atoms with van der Waals surface area (Å²) in [6.45, 7) is 3.35. The molecule has 0 radical (unpaired) electrons. The van der Waals surface area contributed by atoms with Crippen molar-refractivity contribution in [2.24, 2.45) is 0 Å². The average Bonchev–Trinajstić information content (AvgIpc) is 2.66. The van der Waals surface area contributed by atoms with Gasteiger partial charge in [0.1, 0.15) is 17.1 Å². The molecule has 0 saturated carbocycles. The average molecular weight is 240 g/mol. The van der Waals surface area contributed by atoms with Gasteiger partial charge in [-0.15, -0.1) is 0 Å². The van der Waals surface area contributed by atoms with Gasteiger partial charge >= 0.3 is 0 Å². The second kappa shape index (κ2) is 3.57. The van der Waals surface area contributed by atoms with E-state index in [-0.39, 0.29) is 11.5 Å². The molecule has 0 fully saturated rings. The van der Waals surface area contributed by atoms with Gasteiger partial charge in [-0.25, -0.2) is 4.98 Å². The molecule has 90 valence electrons. The van der Waals surface area contributed by atoms with Gasteiger partial charge in [0.2, 0.25) is 0 Å². The highest BCUT2D eigenvalue weighted by molar-refractivity contribution is 6.01. The van der Waals surface area contributed by atoms with Crippen LogP contribution in [0.1, 0.15) is 23.1 Å². The molecule has 0 saturated heterocycles. The molecule has 0 aliphatic carbocycles. The first-order valence-electron chi connectivity index (χ1n) is 5.70. The third kappa shape index (κ3) is 1.32. The fraction of sp³-hybridized carbons (Fsp3) is 0.143. The molecule has 1 aromatic carbocycles. The maximum absolute atomic E-state index is 11.6. The van der Waals surface area contributed by atoms with Crippen molar-refractivity contribution >= 4 is 22.2 Å². The number of aromatic nitrogens is 2. The first-order valence-corrected chi connectivity index (χ1v) is 5.70. The standard InChI is InChI=1S/C14H12N2O2/c1-8-13(9(2)17)16-7-6-10-11(14(16)15-8)4-3-5-12(10)18/h3-7,18H,1-2H3. The van der Waals surface area contributed by atoms with Crippen LogP contribution in [0.25, 0.3) is 16.4 Å². The van der Waals surface area contributed by atoms with Crippen molar-refractivity contribution in [2.45, 2.75) is 13.8 Å². The van der Waals surface area contributed by atoms with E-state index in [4.69, 9.17) is 0 Å². The molecule has 0 atom stereocenters. The summed E-state index contributed by atoms with van der Waals surface area (Å²) in [7, 11) is 0. The van der Waals surface area contributed by atoms with Crippen LogP contribution in [-0.4, -0.2) is 20.3 Å². The van der Waals surface area contributed by atoms with Crippen LogP contribution in [0.3, 0.4) is 0 Å². The predicted molar refractivity (Wildman–Crippen MR) is 69.1 cm³/mol. The van der Waals surface area contributed by atoms with Crippen molar-refractivity contribution in [2.75, 3.05) is 0 Å². The van der Waals surface area contributed by atoms with Crippen LogP contribution in [0.5, 0.6) is 5.75 Å². The van der Waals surface area contributed by atoms with Crippen LogP contribution in [0.2, 0.25) is 0 Å². The van der Waals surface area contributed by atoms with Crippen LogP contribution < -0.4 is 0 Å². The van der Waals surface area contributed by atoms with Gasteiger partial charge < -0.3 is 5.11 Å². The largest absolute Gasteiger partial charge is 0.507 e. The lowest BCUT2D eigenvalue weighted by molar-refractivity contribution is 0.101. The Morgan fingerprint density at radius 3 is 2.78 bits per heavy atom. The Morgan fingerprint density at radius 1 is 1.28 bits per heavy atom. The van der Waals surface area contributed by atoms with Crippen molar-refractivity contribution in [1.29, 1.82) is 0 Å². The van der Waals surface area contributed by atoms with E-state index in [9.17, 15) is 9.90 Å². The minimum Gasteiger partial charge on any atom is -0.507 e. The Morgan fingerprint density at radius 2 is 2.06 bits per heavy atom. The van der Waals surface area contributed by atoms with E-state index in [0.29, 0.717) is 17.0 Å². The van der Waals surface area contributed by atoms with Crippen molar-refractivity contribution in [3.63, 3.8) is 0 Å². The van der Waals surface area contributed by atoms with Gasteiger partial charge in [-0.1, -0.05) is 12.1 Å². The minimum absolute atomic E-state index is 0.0143. The highest BCUT2D eigenvalue weighted by Crippen LogP contribution is 2.28. The van der Waals surface area contributed by atoms with E-state index < -0.39 is 0 Å². The Labute approximate surface area is 104 Å². The van der Waals surface area contributed by atoms with Crippen molar-refractivity contribution < 1.29 is 9.90 Å². The zero-order chi connectivity index (χ0) is 12.9. The number of hydrogen-bond donors (Lipinski definition) is 1. The number of fused-ring (bicyclic) bond motifs is 3. The lowest BCUT2D eigenvalue weighted by Gasteiger charge is -2.03. The highest BCUT2D eigenvalue weighted by atomic mass is 16.3. The number of aromatic hydroxyl groups is 1. The normalized spacial score (nSPS) is 11.2. The van der Waals surface area contributed by atoms with Crippen molar-refractivity contribution in [3.8, 4) is 5.75 Å². The lowest BCUT2D eigenvalue weighted by Crippen LogP contribution is -2.00. The lowest BCUT2D eigenvalue weighted by atomic mass is 10.1. The van der Waals surface area contributed by atoms with Crippen molar-refractivity contribution in [1.82, 2.24) is 9.38 Å². The molecule has 18 heavy (non-hydrogen) atoms. The van der Waals surface area contributed by atoms with Gasteiger partial charge in [0.15, 0.2) is 5.78 Å². The number of carbonyl (C=O) groups excluding carboxylic acids is 1. The predicted octanol–water partition coefficient (Wildman–Crippen LogP) is 2.70. The number of hydrogen-bond acceptors (Lipinski definition) is 3. The maximum Gasteiger partial charge on any atom is 0.178 e. The smallest absolute Gasteiger partial charge is 0.178 e. The number of phenolic OH excluding ortho intramolecular Hbond substituents is 1. The van der Waals surface area contributed by atoms with E-state index in [1.165, 1.54) is 6.92 Å². The molecule has 2 aromatic heterocycles. The molecule has 3 aromatic rings. The van der Waals surface area contributed by atoms with Crippen LogP contribution in [0.4, 0.5) is 0 Å². The quantitative estimate of drug-likeness (QED) is 0.665. The number of phenols is 1. The van der Waals surface area contributed by atoms with Gasteiger partial charge in [-0.2, -0.15) is 0 Å². The number of Topliss-reactive ketones (excluding diaryl/α,β-unsaturated/α-hetero) is 1. The number of benzene rings is 1. The van der Waals surface area contributed by atoms with Gasteiger partial charge in [-0.3, -0.25) is 9.20 Å². The van der Waals surface area contributed by atoms with Crippen LogP contribution in [0.15, 0.2) is 30.5 Å². The van der Waals surface area contributed by atoms with E-state index in [0.717, 1.165) is 10.8 Å². The minimum atomic E-state index is -0.0143. The molecule has 1 N–H and O–H groups in total. The second-order valence-corrected chi connectivity index (χ2v) is 4.35. The molecule has 3 rings (SSSR count). The number of carbonyl (C=O) groups is 1. The molecule has 0 unspecified atom stereocenters. The summed E-state index contributed by atoms with van der Waals surface area (Å²) in [5.74, 6) is 0.208. The van der Waals surface area contributed by atoms with Crippen molar-refractivity contribution in [3.05, 3.63) is 41.9 Å². The fourth-order valence-electron chi connectivity index (χ4n) is 2.38. The topological polar surface area (TPSA) is 54.6 Å². The summed E-state index contributed by atoms with van der Waals surface area (Å²) in [5.41, 5.74) is 2.00. The Balaban J connectivity index is 2.54. The number of imidazole rings is 1. The number of nitrogens with zero attached hydrogens (tertiary/aromatic N) is 2. The molecule has 0 bridgehead atoms. The van der Waals surface area contributed by atoms with Crippen LogP contribution >= 0.6 is 0 Å². The van der Waals surface area contributed by atoms with Gasteiger partial charge in [0.05, 0.1) is 5.69 Å².